The third-order valence-electron chi connectivity index (χ3n) is 2.69. The average molecular weight is 282 g/mol. The van der Waals surface area contributed by atoms with Gasteiger partial charge in [0.2, 0.25) is 0 Å². The fourth-order valence-corrected chi connectivity index (χ4v) is 2.84. The number of thiophene rings is 1. The molecule has 1 unspecified atom stereocenters. The zero-order valence-electron chi connectivity index (χ0n) is 10.7. The summed E-state index contributed by atoms with van der Waals surface area (Å²) in [6, 6.07) is 4.21. The first-order valence-electron chi connectivity index (χ1n) is 5.80. The first kappa shape index (κ1) is 13.8. The van der Waals surface area contributed by atoms with Crippen molar-refractivity contribution in [1.29, 1.82) is 0 Å². The topological polar surface area (TPSA) is 64.3 Å². The lowest BCUT2D eigenvalue weighted by Gasteiger charge is -2.11. The number of anilines is 1. The zero-order valence-corrected chi connectivity index (χ0v) is 11.5. The van der Waals surface area contributed by atoms with Gasteiger partial charge in [0, 0.05) is 23.2 Å². The van der Waals surface area contributed by atoms with Gasteiger partial charge in [-0.15, -0.1) is 11.3 Å². The lowest BCUT2D eigenvalue weighted by atomic mass is 10.2. The molecule has 0 fully saturated rings. The lowest BCUT2D eigenvalue weighted by Crippen LogP contribution is -2.35. The molecule has 0 saturated carbocycles. The standard InChI is InChI=1S/C13H15FN2O2S/c1-7(6-18-2)16-13(17)12-11(15)9-5-8(14)3-4-10(9)19-12/h3-5,7H,6,15H2,1-2H3,(H,16,17). The number of hydrogen-bond donors (Lipinski definition) is 2. The molecule has 0 aliphatic rings. The molecule has 4 nitrogen and oxygen atoms in total. The summed E-state index contributed by atoms with van der Waals surface area (Å²) in [5, 5.41) is 3.36. The smallest absolute Gasteiger partial charge is 0.263 e. The molecule has 0 spiro atoms. The monoisotopic (exact) mass is 282 g/mol. The van der Waals surface area contributed by atoms with Gasteiger partial charge in [0.05, 0.1) is 12.3 Å². The summed E-state index contributed by atoms with van der Waals surface area (Å²) in [6.07, 6.45) is 0. The molecule has 2 rings (SSSR count). The molecule has 3 N–H and O–H groups in total. The summed E-state index contributed by atoms with van der Waals surface area (Å²) in [4.78, 5) is 12.5. The van der Waals surface area contributed by atoms with Crippen LogP contribution >= 0.6 is 11.3 Å². The molecule has 0 bridgehead atoms. The third-order valence-corrected chi connectivity index (χ3v) is 3.87. The van der Waals surface area contributed by atoms with Crippen molar-refractivity contribution in [2.75, 3.05) is 19.5 Å². The molecule has 1 aromatic carbocycles. The predicted molar refractivity (Wildman–Crippen MR) is 75.0 cm³/mol. The van der Waals surface area contributed by atoms with E-state index in [-0.39, 0.29) is 17.8 Å². The maximum atomic E-state index is 13.2. The number of ether oxygens (including phenoxy) is 1. The van der Waals surface area contributed by atoms with Crippen molar-refractivity contribution in [2.24, 2.45) is 0 Å². The Hall–Kier alpha value is -1.66. The molecule has 2 aromatic rings. The van der Waals surface area contributed by atoms with Crippen molar-refractivity contribution in [3.05, 3.63) is 28.9 Å². The first-order valence-corrected chi connectivity index (χ1v) is 6.62. The zero-order chi connectivity index (χ0) is 14.0. The normalized spacial score (nSPS) is 12.6. The van der Waals surface area contributed by atoms with E-state index in [2.05, 4.69) is 5.32 Å². The minimum absolute atomic E-state index is 0.112. The SMILES string of the molecule is COCC(C)NC(=O)c1sc2ccc(F)cc2c1N. The van der Waals surface area contributed by atoms with Crippen LogP contribution in [0.25, 0.3) is 10.1 Å². The molecule has 0 aliphatic heterocycles. The van der Waals surface area contributed by atoms with Gasteiger partial charge in [-0.1, -0.05) is 0 Å². The van der Waals surface area contributed by atoms with Crippen LogP contribution in [0.3, 0.4) is 0 Å². The molecule has 0 radical (unpaired) electrons. The van der Waals surface area contributed by atoms with Gasteiger partial charge in [0.25, 0.3) is 5.91 Å². The molecule has 6 heteroatoms. The number of nitrogens with one attached hydrogen (secondary N) is 1. The Labute approximate surface area is 114 Å². The Kier molecular flexibility index (Phi) is 4.01. The predicted octanol–water partition coefficient (Wildman–Crippen LogP) is 2.39. The molecule has 1 amide bonds. The van der Waals surface area contributed by atoms with Crippen LogP contribution in [0.5, 0.6) is 0 Å². The lowest BCUT2D eigenvalue weighted by molar-refractivity contribution is 0.0910. The quantitative estimate of drug-likeness (QED) is 0.905. The van der Waals surface area contributed by atoms with E-state index in [1.807, 2.05) is 6.92 Å². The molecule has 19 heavy (non-hydrogen) atoms. The van der Waals surface area contributed by atoms with Crippen LogP contribution in [0.2, 0.25) is 0 Å². The van der Waals surface area contributed by atoms with Crippen molar-refractivity contribution < 1.29 is 13.9 Å². The second kappa shape index (κ2) is 5.54. The number of halogens is 1. The number of amides is 1. The Morgan fingerprint density at radius 3 is 3.00 bits per heavy atom. The number of nitrogens with two attached hydrogens (primary N) is 1. The van der Waals surface area contributed by atoms with Gasteiger partial charge in [-0.25, -0.2) is 4.39 Å². The minimum atomic E-state index is -0.364. The van der Waals surface area contributed by atoms with Gasteiger partial charge < -0.3 is 15.8 Å². The van der Waals surface area contributed by atoms with E-state index in [4.69, 9.17) is 10.5 Å². The van der Waals surface area contributed by atoms with E-state index < -0.39 is 0 Å². The largest absolute Gasteiger partial charge is 0.397 e. The molecule has 1 aromatic heterocycles. The molecular formula is C13H15FN2O2S. The van der Waals surface area contributed by atoms with Crippen molar-refractivity contribution in [2.45, 2.75) is 13.0 Å². The highest BCUT2D eigenvalue weighted by Crippen LogP contribution is 2.33. The van der Waals surface area contributed by atoms with E-state index >= 15 is 0 Å². The highest BCUT2D eigenvalue weighted by Gasteiger charge is 2.18. The summed E-state index contributed by atoms with van der Waals surface area (Å²) in [5.74, 6) is -0.625. The number of carbonyl (C=O) groups excluding carboxylic acids is 1. The highest BCUT2D eigenvalue weighted by atomic mass is 32.1. The summed E-state index contributed by atoms with van der Waals surface area (Å²) in [5.41, 5.74) is 6.23. The Balaban J connectivity index is 2.30. The van der Waals surface area contributed by atoms with Crippen LogP contribution < -0.4 is 11.1 Å². The Morgan fingerprint density at radius 1 is 1.58 bits per heavy atom. The van der Waals surface area contributed by atoms with Gasteiger partial charge >= 0.3 is 0 Å². The van der Waals surface area contributed by atoms with Gasteiger partial charge in [-0.2, -0.15) is 0 Å². The molecular weight excluding hydrogens is 267 g/mol. The van der Waals surface area contributed by atoms with Crippen LogP contribution in [0.1, 0.15) is 16.6 Å². The minimum Gasteiger partial charge on any atom is -0.397 e. The number of benzene rings is 1. The van der Waals surface area contributed by atoms with Gasteiger partial charge in [0.15, 0.2) is 0 Å². The van der Waals surface area contributed by atoms with Crippen LogP contribution in [-0.2, 0) is 4.74 Å². The molecule has 1 heterocycles. The van der Waals surface area contributed by atoms with Gasteiger partial charge in [-0.3, -0.25) is 4.79 Å². The summed E-state index contributed by atoms with van der Waals surface area (Å²) in [7, 11) is 1.57. The maximum Gasteiger partial charge on any atom is 0.263 e. The molecule has 1 atom stereocenters. The second-order valence-electron chi connectivity index (χ2n) is 4.32. The van der Waals surface area contributed by atoms with Crippen LogP contribution in [-0.4, -0.2) is 25.7 Å². The fraction of sp³-hybridized carbons (Fsp3) is 0.308. The number of nitrogen functional groups attached to an aromatic ring is 1. The Morgan fingerprint density at radius 2 is 2.32 bits per heavy atom. The van der Waals surface area contributed by atoms with E-state index in [0.29, 0.717) is 22.6 Å². The van der Waals surface area contributed by atoms with E-state index in [1.165, 1.54) is 23.5 Å². The molecule has 0 saturated heterocycles. The van der Waals surface area contributed by atoms with Crippen LogP contribution in [0, 0.1) is 5.82 Å². The van der Waals surface area contributed by atoms with Crippen molar-refractivity contribution in [3.8, 4) is 0 Å². The van der Waals surface area contributed by atoms with Gasteiger partial charge in [-0.05, 0) is 25.1 Å². The summed E-state index contributed by atoms with van der Waals surface area (Å²) >= 11 is 1.26. The first-order chi connectivity index (χ1) is 9.02. The number of rotatable bonds is 4. The van der Waals surface area contributed by atoms with Crippen molar-refractivity contribution in [3.63, 3.8) is 0 Å². The third kappa shape index (κ3) is 2.85. The number of fused-ring (bicyclic) bond motifs is 1. The molecule has 102 valence electrons. The second-order valence-corrected chi connectivity index (χ2v) is 5.37. The van der Waals surface area contributed by atoms with Crippen LogP contribution in [0.4, 0.5) is 10.1 Å². The highest BCUT2D eigenvalue weighted by molar-refractivity contribution is 7.21. The van der Waals surface area contributed by atoms with E-state index in [1.54, 1.807) is 13.2 Å². The average Bonchev–Trinajstić information content (AvgIpc) is 2.67. The van der Waals surface area contributed by atoms with Crippen LogP contribution in [0.15, 0.2) is 18.2 Å². The number of carbonyl (C=O) groups is 1. The van der Waals surface area contributed by atoms with Gasteiger partial charge in [0.1, 0.15) is 10.7 Å². The van der Waals surface area contributed by atoms with Crippen molar-refractivity contribution in [1.82, 2.24) is 5.32 Å². The number of methoxy groups -OCH3 is 1. The Bertz CT molecular complexity index is 612. The maximum absolute atomic E-state index is 13.2. The van der Waals surface area contributed by atoms with E-state index in [0.717, 1.165) is 4.70 Å². The summed E-state index contributed by atoms with van der Waals surface area (Å²) < 4.78 is 18.9. The molecule has 0 aliphatic carbocycles. The number of hydrogen-bond acceptors (Lipinski definition) is 4. The van der Waals surface area contributed by atoms with E-state index in [9.17, 15) is 9.18 Å². The van der Waals surface area contributed by atoms with Crippen molar-refractivity contribution >= 4 is 33.0 Å². The fourth-order valence-electron chi connectivity index (χ4n) is 1.84. The summed E-state index contributed by atoms with van der Waals surface area (Å²) in [6.45, 7) is 2.26.